The van der Waals surface area contributed by atoms with E-state index in [0.29, 0.717) is 17.4 Å². The lowest BCUT2D eigenvalue weighted by molar-refractivity contribution is -0.115. The highest BCUT2D eigenvalue weighted by atomic mass is 35.5. The molecule has 7 heteroatoms. The Hall–Kier alpha value is -1.79. The quantitative estimate of drug-likeness (QED) is 0.639. The number of anilines is 1. The molecule has 1 amide bonds. The molecule has 0 aromatic heterocycles. The van der Waals surface area contributed by atoms with Crippen LogP contribution in [0.3, 0.4) is 0 Å². The van der Waals surface area contributed by atoms with Gasteiger partial charge in [-0.15, -0.1) is 11.8 Å². The average Bonchev–Trinajstić information content (AvgIpc) is 2.58. The van der Waals surface area contributed by atoms with E-state index in [1.54, 1.807) is 31.2 Å². The Labute approximate surface area is 154 Å². The third-order valence-electron chi connectivity index (χ3n) is 3.30. The topological polar surface area (TPSA) is 38.3 Å². The van der Waals surface area contributed by atoms with Gasteiger partial charge in [-0.2, -0.15) is 0 Å². The molecule has 1 atom stereocenters. The zero-order valence-corrected chi connectivity index (χ0v) is 15.2. The first-order valence-corrected chi connectivity index (χ1v) is 9.14. The molecule has 1 N–H and O–H groups in total. The van der Waals surface area contributed by atoms with Crippen LogP contribution in [0.1, 0.15) is 13.3 Å². The fourth-order valence-electron chi connectivity index (χ4n) is 1.94. The first-order valence-electron chi connectivity index (χ1n) is 7.71. The van der Waals surface area contributed by atoms with E-state index in [1.165, 1.54) is 17.8 Å². The third kappa shape index (κ3) is 6.55. The van der Waals surface area contributed by atoms with Gasteiger partial charge in [0.05, 0.1) is 17.5 Å². The molecule has 1 unspecified atom stereocenters. The summed E-state index contributed by atoms with van der Waals surface area (Å²) >= 11 is 7.24. The molecule has 0 heterocycles. The van der Waals surface area contributed by atoms with Gasteiger partial charge in [-0.25, -0.2) is 8.78 Å². The van der Waals surface area contributed by atoms with Crippen molar-refractivity contribution in [2.45, 2.75) is 18.6 Å². The molecular weight excluding hydrogens is 368 g/mol. The lowest BCUT2D eigenvalue weighted by atomic mass is 10.3. The van der Waals surface area contributed by atoms with Gasteiger partial charge in [0.1, 0.15) is 17.4 Å². The maximum absolute atomic E-state index is 13.5. The van der Waals surface area contributed by atoms with Crippen molar-refractivity contribution in [2.75, 3.05) is 17.7 Å². The van der Waals surface area contributed by atoms with Crippen LogP contribution in [0.2, 0.25) is 5.02 Å². The van der Waals surface area contributed by atoms with E-state index >= 15 is 0 Å². The summed E-state index contributed by atoms with van der Waals surface area (Å²) in [7, 11) is 0. The van der Waals surface area contributed by atoms with Crippen LogP contribution in [0.15, 0.2) is 42.5 Å². The van der Waals surface area contributed by atoms with Crippen molar-refractivity contribution >= 4 is 35.0 Å². The molecule has 0 saturated heterocycles. The van der Waals surface area contributed by atoms with Crippen molar-refractivity contribution in [1.29, 1.82) is 0 Å². The summed E-state index contributed by atoms with van der Waals surface area (Å²) in [5.74, 6) is -0.338. The van der Waals surface area contributed by atoms with Crippen molar-refractivity contribution in [1.82, 2.24) is 0 Å². The number of amides is 1. The average molecular weight is 386 g/mol. The lowest BCUT2D eigenvalue weighted by Gasteiger charge is -2.13. The van der Waals surface area contributed by atoms with Crippen LogP contribution in [0.25, 0.3) is 0 Å². The summed E-state index contributed by atoms with van der Waals surface area (Å²) in [6.45, 7) is 2.26. The molecule has 2 aromatic carbocycles. The number of rotatable bonds is 8. The maximum Gasteiger partial charge on any atom is 0.237 e. The molecule has 3 nitrogen and oxygen atoms in total. The van der Waals surface area contributed by atoms with Gasteiger partial charge in [-0.3, -0.25) is 4.79 Å². The second-order valence-electron chi connectivity index (χ2n) is 5.28. The number of carbonyl (C=O) groups excluding carboxylic acids is 1. The van der Waals surface area contributed by atoms with Crippen LogP contribution in [0.5, 0.6) is 5.75 Å². The summed E-state index contributed by atoms with van der Waals surface area (Å²) in [5.41, 5.74) is -0.0232. The third-order valence-corrected chi connectivity index (χ3v) is 4.79. The Morgan fingerprint density at radius 2 is 1.96 bits per heavy atom. The Kier molecular flexibility index (Phi) is 7.52. The molecule has 25 heavy (non-hydrogen) atoms. The van der Waals surface area contributed by atoms with Gasteiger partial charge in [0.25, 0.3) is 0 Å². The molecule has 0 saturated carbocycles. The van der Waals surface area contributed by atoms with E-state index in [0.717, 1.165) is 24.3 Å². The summed E-state index contributed by atoms with van der Waals surface area (Å²) < 4.78 is 31.9. The summed E-state index contributed by atoms with van der Waals surface area (Å²) in [5, 5.41) is 2.76. The van der Waals surface area contributed by atoms with E-state index in [-0.39, 0.29) is 16.8 Å². The van der Waals surface area contributed by atoms with Crippen LogP contribution in [-0.2, 0) is 4.79 Å². The number of halogens is 3. The smallest absolute Gasteiger partial charge is 0.237 e. The Balaban J connectivity index is 1.68. The molecule has 134 valence electrons. The fraction of sp³-hybridized carbons (Fsp3) is 0.278. The van der Waals surface area contributed by atoms with E-state index < -0.39 is 11.6 Å². The highest BCUT2D eigenvalue weighted by Gasteiger charge is 2.15. The minimum absolute atomic E-state index is 0.0232. The summed E-state index contributed by atoms with van der Waals surface area (Å²) in [4.78, 5) is 12.0. The fourth-order valence-corrected chi connectivity index (χ4v) is 2.92. The molecule has 2 rings (SSSR count). The van der Waals surface area contributed by atoms with Crippen molar-refractivity contribution in [2.24, 2.45) is 0 Å². The number of thioether (sulfide) groups is 1. The largest absolute Gasteiger partial charge is 0.494 e. The summed E-state index contributed by atoms with van der Waals surface area (Å²) in [6.07, 6.45) is 0.760. The highest BCUT2D eigenvalue weighted by molar-refractivity contribution is 8.00. The minimum atomic E-state index is -0.790. The number of hydrogen-bond donors (Lipinski definition) is 1. The van der Waals surface area contributed by atoms with Gasteiger partial charge in [0.2, 0.25) is 5.91 Å². The normalized spacial score (nSPS) is 11.8. The second-order valence-corrected chi connectivity index (χ2v) is 7.17. The number of hydrogen-bond acceptors (Lipinski definition) is 3. The molecular formula is C18H18ClF2NO2S. The number of carbonyl (C=O) groups is 1. The SMILES string of the molecule is CC(SCCCOc1ccc(Cl)cc1)C(=O)Nc1ccc(F)cc1F. The van der Waals surface area contributed by atoms with E-state index in [2.05, 4.69) is 5.32 Å². The van der Waals surface area contributed by atoms with Gasteiger partial charge in [-0.1, -0.05) is 11.6 Å². The number of nitrogens with one attached hydrogen (secondary N) is 1. The van der Waals surface area contributed by atoms with Crippen molar-refractivity contribution in [3.05, 3.63) is 59.1 Å². The van der Waals surface area contributed by atoms with Gasteiger partial charge < -0.3 is 10.1 Å². The molecule has 0 fully saturated rings. The first kappa shape index (κ1) is 19.5. The highest BCUT2D eigenvalue weighted by Crippen LogP contribution is 2.19. The monoisotopic (exact) mass is 385 g/mol. The molecule has 0 spiro atoms. The van der Waals surface area contributed by atoms with Crippen molar-refractivity contribution < 1.29 is 18.3 Å². The van der Waals surface area contributed by atoms with E-state index in [1.807, 2.05) is 0 Å². The van der Waals surface area contributed by atoms with Gasteiger partial charge in [-0.05, 0) is 55.5 Å². The lowest BCUT2D eigenvalue weighted by Crippen LogP contribution is -2.23. The zero-order chi connectivity index (χ0) is 18.2. The number of benzene rings is 2. The molecule has 0 aliphatic heterocycles. The summed E-state index contributed by atoms with van der Waals surface area (Å²) in [6, 6.07) is 10.1. The maximum atomic E-state index is 13.5. The Morgan fingerprint density at radius 3 is 2.64 bits per heavy atom. The standard InChI is InChI=1S/C18H18ClF2NO2S/c1-12(18(23)22-17-8-5-14(20)11-16(17)21)25-10-2-9-24-15-6-3-13(19)4-7-15/h3-8,11-12H,2,9-10H2,1H3,(H,22,23). The molecule has 0 bridgehead atoms. The van der Waals surface area contributed by atoms with E-state index in [9.17, 15) is 13.6 Å². The van der Waals surface area contributed by atoms with Gasteiger partial charge >= 0.3 is 0 Å². The van der Waals surface area contributed by atoms with Crippen LogP contribution in [0, 0.1) is 11.6 Å². The predicted octanol–water partition coefficient (Wildman–Crippen LogP) is 5.15. The molecule has 0 radical (unpaired) electrons. The minimum Gasteiger partial charge on any atom is -0.494 e. The molecule has 0 aliphatic carbocycles. The van der Waals surface area contributed by atoms with Crippen LogP contribution in [-0.4, -0.2) is 23.5 Å². The van der Waals surface area contributed by atoms with Crippen molar-refractivity contribution in [3.63, 3.8) is 0 Å². The number of ether oxygens (including phenoxy) is 1. The van der Waals surface area contributed by atoms with Gasteiger partial charge in [0.15, 0.2) is 0 Å². The van der Waals surface area contributed by atoms with Crippen LogP contribution >= 0.6 is 23.4 Å². The van der Waals surface area contributed by atoms with Crippen LogP contribution in [0.4, 0.5) is 14.5 Å². The Bertz CT molecular complexity index is 713. The van der Waals surface area contributed by atoms with Crippen molar-refractivity contribution in [3.8, 4) is 5.75 Å². The molecule has 2 aromatic rings. The second kappa shape index (κ2) is 9.63. The molecule has 0 aliphatic rings. The Morgan fingerprint density at radius 1 is 1.24 bits per heavy atom. The van der Waals surface area contributed by atoms with Gasteiger partial charge in [0, 0.05) is 11.1 Å². The zero-order valence-electron chi connectivity index (χ0n) is 13.6. The van der Waals surface area contributed by atoms with Crippen LogP contribution < -0.4 is 10.1 Å². The van der Waals surface area contributed by atoms with E-state index in [4.69, 9.17) is 16.3 Å². The predicted molar refractivity (Wildman–Crippen MR) is 98.5 cm³/mol. The first-order chi connectivity index (χ1) is 12.0.